The van der Waals surface area contributed by atoms with Crippen LogP contribution in [0.2, 0.25) is 0 Å². The quantitative estimate of drug-likeness (QED) is 0.841. The lowest BCUT2D eigenvalue weighted by Crippen LogP contribution is -2.44. The Hall–Kier alpha value is -2.11. The van der Waals surface area contributed by atoms with Gasteiger partial charge in [0.25, 0.3) is 10.1 Å². The van der Waals surface area contributed by atoms with E-state index in [-0.39, 0.29) is 37.4 Å². The van der Waals surface area contributed by atoms with Gasteiger partial charge in [-0.3, -0.25) is 4.18 Å². The van der Waals surface area contributed by atoms with E-state index in [1.165, 1.54) is 17.0 Å². The van der Waals surface area contributed by atoms with Crippen LogP contribution in [0.4, 0.5) is 4.79 Å². The van der Waals surface area contributed by atoms with Crippen LogP contribution in [0.3, 0.4) is 0 Å². The van der Waals surface area contributed by atoms with Gasteiger partial charge in [-0.15, -0.1) is 0 Å². The van der Waals surface area contributed by atoms with Crippen LogP contribution in [0.5, 0.6) is 0 Å². The minimum Gasteiger partial charge on any atom is -0.465 e. The monoisotopic (exact) mass is 338 g/mol. The maximum Gasteiger partial charge on any atom is 0.407 e. The molecule has 1 aliphatic rings. The molecule has 0 radical (unpaired) electrons. The molecule has 1 fully saturated rings. The molecule has 1 aliphatic heterocycles. The summed E-state index contributed by atoms with van der Waals surface area (Å²) in [7, 11) is -3.94. The van der Waals surface area contributed by atoms with Gasteiger partial charge in [-0.2, -0.15) is 13.7 Å². The molecule has 1 aromatic carbocycles. The van der Waals surface area contributed by atoms with Crippen molar-refractivity contribution in [3.63, 3.8) is 0 Å². The molecular formula is C15H18N2O5S. The molecule has 0 spiro atoms. The van der Waals surface area contributed by atoms with Gasteiger partial charge < -0.3 is 10.0 Å². The molecule has 0 unspecified atom stereocenters. The Morgan fingerprint density at radius 2 is 1.91 bits per heavy atom. The van der Waals surface area contributed by atoms with E-state index in [1.807, 2.05) is 6.92 Å². The van der Waals surface area contributed by atoms with Gasteiger partial charge in [-0.05, 0) is 31.9 Å². The van der Waals surface area contributed by atoms with Crippen molar-refractivity contribution in [3.05, 3.63) is 29.8 Å². The number of aryl methyl sites for hydroxylation is 1. The number of piperidine rings is 1. The first kappa shape index (κ1) is 17.2. The second kappa shape index (κ2) is 6.56. The van der Waals surface area contributed by atoms with Crippen LogP contribution in [0.15, 0.2) is 29.2 Å². The number of amides is 1. The highest BCUT2D eigenvalue weighted by molar-refractivity contribution is 7.86. The van der Waals surface area contributed by atoms with Crippen LogP contribution in [0.25, 0.3) is 0 Å². The van der Waals surface area contributed by atoms with E-state index < -0.39 is 21.6 Å². The van der Waals surface area contributed by atoms with Crippen molar-refractivity contribution < 1.29 is 22.5 Å². The van der Waals surface area contributed by atoms with Crippen molar-refractivity contribution in [3.8, 4) is 6.07 Å². The Morgan fingerprint density at radius 3 is 2.39 bits per heavy atom. The molecule has 1 N–H and O–H groups in total. The number of hydrogen-bond donors (Lipinski definition) is 1. The zero-order valence-electron chi connectivity index (χ0n) is 12.7. The first-order valence-electron chi connectivity index (χ1n) is 7.13. The van der Waals surface area contributed by atoms with E-state index in [4.69, 9.17) is 9.29 Å². The molecule has 0 saturated carbocycles. The SMILES string of the molecule is Cc1ccc(S(=O)(=O)OCC2(C#N)CCN(C(=O)O)CC2)cc1. The second-order valence-corrected chi connectivity index (χ2v) is 7.31. The number of hydrogen-bond acceptors (Lipinski definition) is 5. The maximum atomic E-state index is 12.2. The van der Waals surface area contributed by atoms with Gasteiger partial charge >= 0.3 is 6.09 Å². The Morgan fingerprint density at radius 1 is 1.35 bits per heavy atom. The third kappa shape index (κ3) is 4.00. The van der Waals surface area contributed by atoms with E-state index >= 15 is 0 Å². The molecule has 1 heterocycles. The van der Waals surface area contributed by atoms with Crippen LogP contribution < -0.4 is 0 Å². The van der Waals surface area contributed by atoms with Gasteiger partial charge in [0.1, 0.15) is 0 Å². The van der Waals surface area contributed by atoms with Crippen molar-refractivity contribution in [2.24, 2.45) is 5.41 Å². The Labute approximate surface area is 135 Å². The van der Waals surface area contributed by atoms with E-state index in [1.54, 1.807) is 12.1 Å². The average molecular weight is 338 g/mol. The Kier molecular flexibility index (Phi) is 4.92. The minimum absolute atomic E-state index is 0.0409. The summed E-state index contributed by atoms with van der Waals surface area (Å²) in [5.74, 6) is 0. The maximum absolute atomic E-state index is 12.2. The minimum atomic E-state index is -3.94. The zero-order valence-corrected chi connectivity index (χ0v) is 13.5. The Bertz CT molecular complexity index is 713. The summed E-state index contributed by atoms with van der Waals surface area (Å²) in [4.78, 5) is 12.2. The lowest BCUT2D eigenvalue weighted by molar-refractivity contribution is 0.0872. The lowest BCUT2D eigenvalue weighted by atomic mass is 9.81. The first-order chi connectivity index (χ1) is 10.8. The van der Waals surface area contributed by atoms with Gasteiger partial charge in [0.2, 0.25) is 0 Å². The molecule has 0 atom stereocenters. The predicted octanol–water partition coefficient (Wildman–Crippen LogP) is 1.98. The molecule has 124 valence electrons. The number of carboxylic acid groups (broad SMARTS) is 1. The van der Waals surface area contributed by atoms with Crippen molar-refractivity contribution >= 4 is 16.2 Å². The fraction of sp³-hybridized carbons (Fsp3) is 0.467. The molecule has 1 aromatic rings. The molecule has 1 saturated heterocycles. The average Bonchev–Trinajstić information content (AvgIpc) is 2.54. The van der Waals surface area contributed by atoms with E-state index in [0.29, 0.717) is 0 Å². The highest BCUT2D eigenvalue weighted by Crippen LogP contribution is 2.32. The number of nitriles is 1. The summed E-state index contributed by atoms with van der Waals surface area (Å²) in [6, 6.07) is 8.35. The van der Waals surface area contributed by atoms with E-state index in [0.717, 1.165) is 5.56 Å². The molecule has 1 amide bonds. The van der Waals surface area contributed by atoms with Crippen molar-refractivity contribution in [1.29, 1.82) is 5.26 Å². The summed E-state index contributed by atoms with van der Waals surface area (Å²) in [6.07, 6.45) is -0.539. The molecule has 0 bridgehead atoms. The van der Waals surface area contributed by atoms with Crippen LogP contribution in [0, 0.1) is 23.7 Å². The van der Waals surface area contributed by atoms with Crippen LogP contribution in [0.1, 0.15) is 18.4 Å². The molecular weight excluding hydrogens is 320 g/mol. The summed E-state index contributed by atoms with van der Waals surface area (Å²) in [5.41, 5.74) is -0.0533. The smallest absolute Gasteiger partial charge is 0.407 e. The third-order valence-electron chi connectivity index (χ3n) is 4.03. The normalized spacial score (nSPS) is 17.5. The van der Waals surface area contributed by atoms with Gasteiger partial charge in [0, 0.05) is 13.1 Å². The Balaban J connectivity index is 2.05. The van der Waals surface area contributed by atoms with Crippen molar-refractivity contribution in [1.82, 2.24) is 4.90 Å². The molecule has 8 heteroatoms. The molecule has 23 heavy (non-hydrogen) atoms. The largest absolute Gasteiger partial charge is 0.465 e. The molecule has 0 aromatic heterocycles. The molecule has 2 rings (SSSR count). The second-order valence-electron chi connectivity index (χ2n) is 5.69. The van der Waals surface area contributed by atoms with Crippen molar-refractivity contribution in [2.45, 2.75) is 24.7 Å². The summed E-state index contributed by atoms with van der Waals surface area (Å²) in [5, 5.41) is 18.3. The summed E-state index contributed by atoms with van der Waals surface area (Å²) < 4.78 is 29.4. The predicted molar refractivity (Wildman–Crippen MR) is 81.2 cm³/mol. The van der Waals surface area contributed by atoms with Crippen molar-refractivity contribution in [2.75, 3.05) is 19.7 Å². The topological polar surface area (TPSA) is 108 Å². The van der Waals surface area contributed by atoms with Gasteiger partial charge in [-0.25, -0.2) is 4.79 Å². The van der Waals surface area contributed by atoms with E-state index in [9.17, 15) is 18.5 Å². The fourth-order valence-electron chi connectivity index (χ4n) is 2.38. The summed E-state index contributed by atoms with van der Waals surface area (Å²) >= 11 is 0. The van der Waals surface area contributed by atoms with Gasteiger partial charge in [0.05, 0.1) is 23.0 Å². The summed E-state index contributed by atoms with van der Waals surface area (Å²) in [6.45, 7) is 1.96. The lowest BCUT2D eigenvalue weighted by Gasteiger charge is -2.35. The van der Waals surface area contributed by atoms with Crippen LogP contribution in [-0.2, 0) is 14.3 Å². The highest BCUT2D eigenvalue weighted by atomic mass is 32.2. The van der Waals surface area contributed by atoms with Crippen LogP contribution in [-0.4, -0.2) is 44.2 Å². The standard InChI is InChI=1S/C15H18N2O5S/c1-12-2-4-13(5-3-12)23(20,21)22-11-15(10-16)6-8-17(9-7-15)14(18)19/h2-5H,6-9,11H2,1H3,(H,18,19). The first-order valence-corrected chi connectivity index (χ1v) is 8.54. The fourth-order valence-corrected chi connectivity index (χ4v) is 3.36. The number of likely N-dealkylation sites (tertiary alicyclic amines) is 1. The number of nitrogens with zero attached hydrogens (tertiary/aromatic N) is 2. The number of rotatable bonds is 4. The third-order valence-corrected chi connectivity index (χ3v) is 5.31. The van der Waals surface area contributed by atoms with Gasteiger partial charge in [-0.1, -0.05) is 17.7 Å². The van der Waals surface area contributed by atoms with Crippen LogP contribution >= 0.6 is 0 Å². The number of carbonyl (C=O) groups is 1. The van der Waals surface area contributed by atoms with Gasteiger partial charge in [0.15, 0.2) is 0 Å². The highest BCUT2D eigenvalue weighted by Gasteiger charge is 2.38. The molecule has 0 aliphatic carbocycles. The number of benzene rings is 1. The zero-order chi connectivity index (χ0) is 17.1. The van der Waals surface area contributed by atoms with E-state index in [2.05, 4.69) is 6.07 Å². The molecule has 7 nitrogen and oxygen atoms in total.